The van der Waals surface area contributed by atoms with E-state index in [4.69, 9.17) is 4.74 Å². The van der Waals surface area contributed by atoms with Crippen LogP contribution in [0.4, 0.5) is 0 Å². The van der Waals surface area contributed by atoms with Crippen molar-refractivity contribution in [2.24, 2.45) is 0 Å². The fourth-order valence-electron chi connectivity index (χ4n) is 2.93. The monoisotopic (exact) mass is 392 g/mol. The van der Waals surface area contributed by atoms with Gasteiger partial charge in [0.2, 0.25) is 5.88 Å². The molecule has 2 aromatic rings. The molecule has 4 N–H and O–H groups in total. The molecule has 0 radical (unpaired) electrons. The lowest BCUT2D eigenvalue weighted by Gasteiger charge is -2.38. The standard InChI is InChI=1S/C19H24N2O5S/c1-2-11-3-5-12(6-4-11)9-13-18(21-8-7-20-13)26-19-17(25)16(24)15(23)14(10-22)27-19/h3-8,14-17,19,22-25H,2,9-10H2,1H3/t14-,15-,16+,17-,19-/m1/s1. The molecule has 1 aliphatic heterocycles. The van der Waals surface area contributed by atoms with Crippen molar-refractivity contribution in [3.63, 3.8) is 0 Å². The van der Waals surface area contributed by atoms with E-state index in [0.29, 0.717) is 12.1 Å². The zero-order chi connectivity index (χ0) is 19.4. The molecular formula is C19H24N2O5S. The summed E-state index contributed by atoms with van der Waals surface area (Å²) in [4.78, 5) is 8.56. The first kappa shape index (κ1) is 20.0. The van der Waals surface area contributed by atoms with Crippen LogP contribution in [-0.2, 0) is 12.8 Å². The number of ether oxygens (including phenoxy) is 1. The van der Waals surface area contributed by atoms with Crippen molar-refractivity contribution in [1.29, 1.82) is 0 Å². The number of aromatic nitrogens is 2. The highest BCUT2D eigenvalue weighted by Crippen LogP contribution is 2.34. The van der Waals surface area contributed by atoms with Crippen LogP contribution in [0.25, 0.3) is 0 Å². The van der Waals surface area contributed by atoms with E-state index in [1.165, 1.54) is 11.8 Å². The van der Waals surface area contributed by atoms with Crippen LogP contribution in [-0.4, -0.2) is 66.0 Å². The predicted octanol–water partition coefficient (Wildman–Crippen LogP) is 0.525. The molecule has 3 rings (SSSR count). The Morgan fingerprint density at radius 3 is 2.30 bits per heavy atom. The van der Waals surface area contributed by atoms with E-state index in [2.05, 4.69) is 29.0 Å². The van der Waals surface area contributed by atoms with Gasteiger partial charge in [0.15, 0.2) is 5.44 Å². The Bertz CT molecular complexity index is 743. The number of rotatable bonds is 6. The van der Waals surface area contributed by atoms with E-state index in [1.54, 1.807) is 6.20 Å². The normalized spacial score (nSPS) is 28.1. The van der Waals surface area contributed by atoms with E-state index in [1.807, 2.05) is 12.1 Å². The summed E-state index contributed by atoms with van der Waals surface area (Å²) in [6, 6.07) is 8.19. The maximum absolute atomic E-state index is 10.2. The van der Waals surface area contributed by atoms with Crippen LogP contribution in [0, 0.1) is 0 Å². The number of aryl methyl sites for hydroxylation is 1. The van der Waals surface area contributed by atoms with E-state index < -0.39 is 29.0 Å². The van der Waals surface area contributed by atoms with Gasteiger partial charge >= 0.3 is 0 Å². The Kier molecular flexibility index (Phi) is 6.67. The van der Waals surface area contributed by atoms with Crippen molar-refractivity contribution in [3.05, 3.63) is 53.5 Å². The first-order valence-corrected chi connectivity index (χ1v) is 9.82. The van der Waals surface area contributed by atoms with Crippen molar-refractivity contribution >= 4 is 11.8 Å². The minimum atomic E-state index is -1.41. The summed E-state index contributed by atoms with van der Waals surface area (Å²) in [5.74, 6) is 0.258. The fraction of sp³-hybridized carbons (Fsp3) is 0.474. The second-order valence-corrected chi connectivity index (χ2v) is 7.81. The van der Waals surface area contributed by atoms with Crippen LogP contribution >= 0.6 is 11.8 Å². The number of aliphatic hydroxyl groups excluding tert-OH is 4. The molecule has 0 amide bonds. The fourth-order valence-corrected chi connectivity index (χ4v) is 4.16. The Balaban J connectivity index is 1.77. The largest absolute Gasteiger partial charge is 0.459 e. The first-order valence-electron chi connectivity index (χ1n) is 8.88. The van der Waals surface area contributed by atoms with Crippen molar-refractivity contribution in [1.82, 2.24) is 9.97 Å². The summed E-state index contributed by atoms with van der Waals surface area (Å²) in [5.41, 5.74) is 2.03. The highest BCUT2D eigenvalue weighted by Gasteiger charge is 2.44. The third kappa shape index (κ3) is 4.59. The molecule has 1 aromatic heterocycles. The molecule has 146 valence electrons. The van der Waals surface area contributed by atoms with Gasteiger partial charge in [-0.2, -0.15) is 0 Å². The van der Waals surface area contributed by atoms with Gasteiger partial charge in [0.05, 0.1) is 18.0 Å². The average Bonchev–Trinajstić information content (AvgIpc) is 2.70. The third-order valence-corrected chi connectivity index (χ3v) is 6.04. The van der Waals surface area contributed by atoms with E-state index in [-0.39, 0.29) is 12.5 Å². The summed E-state index contributed by atoms with van der Waals surface area (Å²) < 4.78 is 5.82. The number of hydrogen-bond donors (Lipinski definition) is 4. The molecule has 0 unspecified atom stereocenters. The van der Waals surface area contributed by atoms with Crippen LogP contribution in [0.15, 0.2) is 36.7 Å². The molecule has 2 heterocycles. The topological polar surface area (TPSA) is 116 Å². The van der Waals surface area contributed by atoms with Crippen LogP contribution in [0.5, 0.6) is 5.88 Å². The Hall–Kier alpha value is -1.71. The number of aliphatic hydroxyl groups is 4. The van der Waals surface area contributed by atoms with Crippen LogP contribution < -0.4 is 4.74 Å². The quantitative estimate of drug-likeness (QED) is 0.563. The Morgan fingerprint density at radius 1 is 0.963 bits per heavy atom. The maximum Gasteiger partial charge on any atom is 0.237 e. The molecule has 1 fully saturated rings. The molecule has 1 saturated heterocycles. The van der Waals surface area contributed by atoms with Gasteiger partial charge in [0, 0.05) is 18.8 Å². The number of nitrogens with zero attached hydrogens (tertiary/aromatic N) is 2. The van der Waals surface area contributed by atoms with Crippen molar-refractivity contribution in [3.8, 4) is 5.88 Å². The minimum Gasteiger partial charge on any atom is -0.459 e. The Morgan fingerprint density at radius 2 is 1.63 bits per heavy atom. The number of benzene rings is 1. The molecule has 27 heavy (non-hydrogen) atoms. The second kappa shape index (κ2) is 8.99. The van der Waals surface area contributed by atoms with Crippen molar-refractivity contribution < 1.29 is 25.2 Å². The van der Waals surface area contributed by atoms with Gasteiger partial charge in [-0.15, -0.1) is 11.8 Å². The lowest BCUT2D eigenvalue weighted by atomic mass is 10.0. The first-order chi connectivity index (χ1) is 13.0. The minimum absolute atomic E-state index is 0.258. The SMILES string of the molecule is CCc1ccc(Cc2nccnc2O[C@@H]2S[C@H](CO)[C@@H](O)[C@H](O)[C@H]2O)cc1. The van der Waals surface area contributed by atoms with E-state index in [9.17, 15) is 20.4 Å². The summed E-state index contributed by atoms with van der Waals surface area (Å²) >= 11 is 1.07. The lowest BCUT2D eigenvalue weighted by Crippen LogP contribution is -2.55. The summed E-state index contributed by atoms with van der Waals surface area (Å²) in [6.07, 6.45) is 0.594. The van der Waals surface area contributed by atoms with Crippen molar-refractivity contribution in [2.75, 3.05) is 6.61 Å². The molecule has 8 heteroatoms. The molecular weight excluding hydrogens is 368 g/mol. The predicted molar refractivity (Wildman–Crippen MR) is 102 cm³/mol. The summed E-state index contributed by atoms with van der Waals surface area (Å²) in [5, 5.41) is 38.9. The molecule has 1 aliphatic rings. The van der Waals surface area contributed by atoms with Crippen molar-refractivity contribution in [2.45, 2.75) is 48.8 Å². The zero-order valence-corrected chi connectivity index (χ0v) is 15.8. The highest BCUT2D eigenvalue weighted by atomic mass is 32.2. The molecule has 0 spiro atoms. The number of hydrogen-bond acceptors (Lipinski definition) is 8. The van der Waals surface area contributed by atoms with Gasteiger partial charge in [-0.05, 0) is 17.5 Å². The molecule has 0 aliphatic carbocycles. The number of thioether (sulfide) groups is 1. The van der Waals surface area contributed by atoms with Gasteiger partial charge in [0.25, 0.3) is 0 Å². The molecule has 5 atom stereocenters. The van der Waals surface area contributed by atoms with E-state index >= 15 is 0 Å². The van der Waals surface area contributed by atoms with Gasteiger partial charge in [-0.1, -0.05) is 31.2 Å². The van der Waals surface area contributed by atoms with E-state index in [0.717, 1.165) is 23.7 Å². The lowest BCUT2D eigenvalue weighted by molar-refractivity contribution is -0.0915. The molecule has 1 aromatic carbocycles. The van der Waals surface area contributed by atoms with Gasteiger partial charge in [0.1, 0.15) is 17.9 Å². The van der Waals surface area contributed by atoms with Crippen LogP contribution in [0.3, 0.4) is 0 Å². The zero-order valence-electron chi connectivity index (χ0n) is 15.0. The molecule has 0 saturated carbocycles. The smallest absolute Gasteiger partial charge is 0.237 e. The molecule has 0 bridgehead atoms. The van der Waals surface area contributed by atoms with Crippen LogP contribution in [0.2, 0.25) is 0 Å². The second-order valence-electron chi connectivity index (χ2n) is 6.47. The van der Waals surface area contributed by atoms with Gasteiger partial charge in [-0.25, -0.2) is 4.98 Å². The Labute approximate surface area is 162 Å². The van der Waals surface area contributed by atoms with Crippen LogP contribution in [0.1, 0.15) is 23.7 Å². The average molecular weight is 392 g/mol. The molecule has 7 nitrogen and oxygen atoms in total. The van der Waals surface area contributed by atoms with Gasteiger partial charge in [-0.3, -0.25) is 4.98 Å². The summed E-state index contributed by atoms with van der Waals surface area (Å²) in [6.45, 7) is 1.76. The maximum atomic E-state index is 10.2. The van der Waals surface area contributed by atoms with Gasteiger partial charge < -0.3 is 25.2 Å². The highest BCUT2D eigenvalue weighted by molar-refractivity contribution is 8.00. The third-order valence-electron chi connectivity index (χ3n) is 4.61. The summed E-state index contributed by atoms with van der Waals surface area (Å²) in [7, 11) is 0.